The summed E-state index contributed by atoms with van der Waals surface area (Å²) in [6.45, 7) is 7.62. The predicted molar refractivity (Wildman–Crippen MR) is 112 cm³/mol. The van der Waals surface area contributed by atoms with E-state index in [1.165, 1.54) is 77.0 Å². The van der Waals surface area contributed by atoms with Crippen LogP contribution in [0.25, 0.3) is 0 Å². The lowest BCUT2D eigenvalue weighted by atomic mass is 10.0. The maximum absolute atomic E-state index is 11.6. The van der Waals surface area contributed by atoms with Gasteiger partial charge in [-0.05, 0) is 18.8 Å². The largest absolute Gasteiger partial charge is 0.508 e. The molecule has 0 saturated heterocycles. The van der Waals surface area contributed by atoms with Gasteiger partial charge in [-0.25, -0.2) is 4.79 Å². The molecule has 1 unspecified atom stereocenters. The van der Waals surface area contributed by atoms with Gasteiger partial charge in [0, 0.05) is 0 Å². The second-order valence-electron chi connectivity index (χ2n) is 7.72. The number of unbranched alkanes of at least 4 members (excludes halogenated alkanes) is 12. The summed E-state index contributed by atoms with van der Waals surface area (Å²) in [7, 11) is 0. The van der Waals surface area contributed by atoms with Crippen molar-refractivity contribution in [3.05, 3.63) is 0 Å². The number of carbonyl (C=O) groups excluding carboxylic acids is 1. The Balaban J connectivity index is 3.30. The van der Waals surface area contributed by atoms with E-state index in [0.717, 1.165) is 25.7 Å². The van der Waals surface area contributed by atoms with E-state index in [9.17, 15) is 4.79 Å². The highest BCUT2D eigenvalue weighted by molar-refractivity contribution is 5.59. The first-order valence-electron chi connectivity index (χ1n) is 11.5. The second-order valence-corrected chi connectivity index (χ2v) is 7.72. The lowest BCUT2D eigenvalue weighted by Gasteiger charge is -2.14. The Bertz CT molecular complexity index is 291. The summed E-state index contributed by atoms with van der Waals surface area (Å²) in [4.78, 5) is 11.6. The minimum Gasteiger partial charge on any atom is -0.434 e. The third kappa shape index (κ3) is 18.1. The van der Waals surface area contributed by atoms with E-state index in [4.69, 9.17) is 9.47 Å². The molecule has 0 aliphatic carbocycles. The van der Waals surface area contributed by atoms with Gasteiger partial charge in [0.15, 0.2) is 0 Å². The van der Waals surface area contributed by atoms with Gasteiger partial charge in [0.05, 0.1) is 13.2 Å². The van der Waals surface area contributed by atoms with Crippen LogP contribution in [0.2, 0.25) is 0 Å². The van der Waals surface area contributed by atoms with E-state index in [0.29, 0.717) is 19.1 Å². The van der Waals surface area contributed by atoms with Crippen LogP contribution in [0.5, 0.6) is 0 Å². The number of hydrogen-bond donors (Lipinski definition) is 0. The number of ether oxygens (including phenoxy) is 2. The minimum absolute atomic E-state index is 0.481. The van der Waals surface area contributed by atoms with E-state index < -0.39 is 6.16 Å². The molecule has 0 rings (SSSR count). The van der Waals surface area contributed by atoms with Crippen molar-refractivity contribution in [3.8, 4) is 0 Å². The third-order valence-corrected chi connectivity index (χ3v) is 5.20. The van der Waals surface area contributed by atoms with Gasteiger partial charge in [0.25, 0.3) is 0 Å². The summed E-state index contributed by atoms with van der Waals surface area (Å²) in [5.74, 6) is 0.481. The molecule has 0 aliphatic heterocycles. The maximum Gasteiger partial charge on any atom is 0.508 e. The smallest absolute Gasteiger partial charge is 0.434 e. The molecule has 3 nitrogen and oxygen atoms in total. The van der Waals surface area contributed by atoms with Gasteiger partial charge >= 0.3 is 6.16 Å². The average Bonchev–Trinajstić information content (AvgIpc) is 2.65. The molecular weight excluding hydrogens is 324 g/mol. The van der Waals surface area contributed by atoms with Crippen LogP contribution >= 0.6 is 0 Å². The molecule has 0 aromatic rings. The fourth-order valence-electron chi connectivity index (χ4n) is 3.22. The van der Waals surface area contributed by atoms with Crippen molar-refractivity contribution < 1.29 is 14.3 Å². The lowest BCUT2D eigenvalue weighted by molar-refractivity contribution is 0.0415. The van der Waals surface area contributed by atoms with Gasteiger partial charge in [-0.15, -0.1) is 0 Å². The van der Waals surface area contributed by atoms with Gasteiger partial charge < -0.3 is 9.47 Å². The van der Waals surface area contributed by atoms with Crippen LogP contribution in [0.3, 0.4) is 0 Å². The zero-order valence-corrected chi connectivity index (χ0v) is 18.0. The summed E-state index contributed by atoms with van der Waals surface area (Å²) in [6, 6.07) is 0. The van der Waals surface area contributed by atoms with E-state index in [2.05, 4.69) is 20.8 Å². The summed E-state index contributed by atoms with van der Waals surface area (Å²) in [5.41, 5.74) is 0. The molecule has 0 radical (unpaired) electrons. The molecule has 0 amide bonds. The molecule has 0 aromatic heterocycles. The van der Waals surface area contributed by atoms with E-state index in [-0.39, 0.29) is 0 Å². The van der Waals surface area contributed by atoms with E-state index >= 15 is 0 Å². The molecule has 0 aromatic carbocycles. The van der Waals surface area contributed by atoms with Gasteiger partial charge in [-0.2, -0.15) is 0 Å². The van der Waals surface area contributed by atoms with Crippen molar-refractivity contribution in [2.24, 2.45) is 5.92 Å². The van der Waals surface area contributed by atoms with Crippen LogP contribution in [0.15, 0.2) is 0 Å². The Labute approximate surface area is 163 Å². The Kier molecular flexibility index (Phi) is 20.0. The lowest BCUT2D eigenvalue weighted by Crippen LogP contribution is -2.15. The normalized spacial score (nSPS) is 12.1. The van der Waals surface area contributed by atoms with Crippen molar-refractivity contribution in [3.63, 3.8) is 0 Å². The van der Waals surface area contributed by atoms with Gasteiger partial charge in [-0.1, -0.05) is 111 Å². The Morgan fingerprint density at radius 3 is 1.65 bits per heavy atom. The highest BCUT2D eigenvalue weighted by Gasteiger charge is 2.10. The van der Waals surface area contributed by atoms with Crippen LogP contribution < -0.4 is 0 Å². The Hall–Kier alpha value is -0.730. The molecule has 0 N–H and O–H groups in total. The van der Waals surface area contributed by atoms with E-state index in [1.54, 1.807) is 0 Å². The summed E-state index contributed by atoms with van der Waals surface area (Å²) in [5, 5.41) is 0. The van der Waals surface area contributed by atoms with Gasteiger partial charge in [0.2, 0.25) is 0 Å². The van der Waals surface area contributed by atoms with Gasteiger partial charge in [0.1, 0.15) is 0 Å². The zero-order valence-electron chi connectivity index (χ0n) is 18.0. The molecule has 3 heteroatoms. The Morgan fingerprint density at radius 1 is 0.654 bits per heavy atom. The van der Waals surface area contributed by atoms with Crippen LogP contribution in [0.4, 0.5) is 4.79 Å². The highest BCUT2D eigenvalue weighted by atomic mass is 16.7. The van der Waals surface area contributed by atoms with Crippen molar-refractivity contribution in [2.45, 2.75) is 124 Å². The summed E-state index contributed by atoms with van der Waals surface area (Å²) in [6.07, 6.45) is 19.9. The fourth-order valence-corrected chi connectivity index (χ4v) is 3.22. The van der Waals surface area contributed by atoms with Crippen molar-refractivity contribution in [1.29, 1.82) is 0 Å². The number of rotatable bonds is 19. The zero-order chi connectivity index (χ0) is 19.3. The van der Waals surface area contributed by atoms with Crippen molar-refractivity contribution in [1.82, 2.24) is 0 Å². The molecule has 0 spiro atoms. The maximum atomic E-state index is 11.6. The number of hydrogen-bond acceptors (Lipinski definition) is 3. The second kappa shape index (κ2) is 20.6. The summed E-state index contributed by atoms with van der Waals surface area (Å²) < 4.78 is 10.4. The molecule has 26 heavy (non-hydrogen) atoms. The monoisotopic (exact) mass is 370 g/mol. The molecule has 0 bridgehead atoms. The molecule has 0 saturated carbocycles. The fraction of sp³-hybridized carbons (Fsp3) is 0.957. The molecule has 1 atom stereocenters. The molecular formula is C23H46O3. The molecule has 0 heterocycles. The Morgan fingerprint density at radius 2 is 1.15 bits per heavy atom. The van der Waals surface area contributed by atoms with Crippen LogP contribution in [0.1, 0.15) is 124 Å². The molecule has 156 valence electrons. The summed E-state index contributed by atoms with van der Waals surface area (Å²) >= 11 is 0. The first kappa shape index (κ1) is 25.3. The number of carbonyl (C=O) groups is 1. The van der Waals surface area contributed by atoms with Crippen molar-refractivity contribution >= 4 is 6.16 Å². The van der Waals surface area contributed by atoms with Crippen LogP contribution in [-0.4, -0.2) is 19.4 Å². The van der Waals surface area contributed by atoms with Crippen molar-refractivity contribution in [2.75, 3.05) is 13.2 Å². The quantitative estimate of drug-likeness (QED) is 0.170. The molecule has 0 fully saturated rings. The SMILES string of the molecule is CCCCCCCCCCCCCCOC(=O)OCC(CC)CCCC. The highest BCUT2D eigenvalue weighted by Crippen LogP contribution is 2.14. The standard InChI is InChI=1S/C23H46O3/c1-4-7-9-10-11-12-13-14-15-16-17-18-20-25-23(24)26-21-22(6-3)19-8-5-2/h22H,4-21H2,1-3H3. The molecule has 0 aliphatic rings. The predicted octanol–water partition coefficient (Wildman–Crippen LogP) is 8.06. The van der Waals surface area contributed by atoms with Gasteiger partial charge in [-0.3, -0.25) is 0 Å². The van der Waals surface area contributed by atoms with E-state index in [1.807, 2.05) is 0 Å². The van der Waals surface area contributed by atoms with Crippen LogP contribution in [0, 0.1) is 5.92 Å². The first-order valence-corrected chi connectivity index (χ1v) is 11.5. The topological polar surface area (TPSA) is 35.5 Å². The third-order valence-electron chi connectivity index (χ3n) is 5.20. The average molecular weight is 371 g/mol. The van der Waals surface area contributed by atoms with Crippen LogP contribution in [-0.2, 0) is 9.47 Å². The minimum atomic E-state index is -0.483. The first-order chi connectivity index (χ1) is 12.7.